The number of hydrogen-bond acceptors (Lipinski definition) is 0. The summed E-state index contributed by atoms with van der Waals surface area (Å²) in [6.45, 7) is 0. The van der Waals surface area contributed by atoms with E-state index >= 15 is 0 Å². The number of hydrogen-bond donors (Lipinski definition) is 0. The van der Waals surface area contributed by atoms with Crippen molar-refractivity contribution in [2.75, 3.05) is 0 Å². The minimum Gasteiger partial charge on any atom is -0.166 e. The highest BCUT2D eigenvalue weighted by Gasteiger charge is 2.42. The fourth-order valence-electron chi connectivity index (χ4n) is 3.99. The SMILES string of the molecule is FC(F)(F)c1cccc([Si](c2ccccc2)(c2ccccc2)c2ccccc2)c1. The molecule has 0 heterocycles. The van der Waals surface area contributed by atoms with Crippen molar-refractivity contribution in [2.45, 2.75) is 6.18 Å². The molecule has 29 heavy (non-hydrogen) atoms. The van der Waals surface area contributed by atoms with E-state index in [4.69, 9.17) is 0 Å². The van der Waals surface area contributed by atoms with E-state index in [0.717, 1.165) is 26.8 Å². The molecule has 0 saturated heterocycles. The molecule has 0 atom stereocenters. The Balaban J connectivity index is 2.12. The Morgan fingerprint density at radius 2 is 0.828 bits per heavy atom. The normalized spacial score (nSPS) is 12.0. The first-order chi connectivity index (χ1) is 14.0. The average molecular weight is 405 g/mol. The highest BCUT2D eigenvalue weighted by atomic mass is 28.3. The molecule has 0 aliphatic heterocycles. The maximum absolute atomic E-state index is 13.6. The standard InChI is InChI=1S/C25H19F3Si/c26-25(27,28)20-11-10-18-24(19-20)29(21-12-4-1-5-13-21,22-14-6-2-7-15-22)23-16-8-3-9-17-23/h1-19H. The van der Waals surface area contributed by atoms with Gasteiger partial charge < -0.3 is 0 Å². The Bertz CT molecular complexity index is 978. The van der Waals surface area contributed by atoms with E-state index in [2.05, 4.69) is 0 Å². The van der Waals surface area contributed by atoms with Gasteiger partial charge in [0.15, 0.2) is 8.07 Å². The highest BCUT2D eigenvalue weighted by molar-refractivity contribution is 7.19. The molecule has 0 bridgehead atoms. The Morgan fingerprint density at radius 3 is 1.21 bits per heavy atom. The molecule has 4 aromatic carbocycles. The summed E-state index contributed by atoms with van der Waals surface area (Å²) < 4.78 is 40.7. The van der Waals surface area contributed by atoms with Crippen LogP contribution in [0.15, 0.2) is 115 Å². The molecule has 0 amide bonds. The Kier molecular flexibility index (Phi) is 5.12. The van der Waals surface area contributed by atoms with Crippen LogP contribution in [-0.4, -0.2) is 8.07 Å². The van der Waals surface area contributed by atoms with Gasteiger partial charge in [0.1, 0.15) is 0 Å². The predicted molar refractivity (Wildman–Crippen MR) is 115 cm³/mol. The molecule has 0 spiro atoms. The van der Waals surface area contributed by atoms with Crippen LogP contribution in [0.3, 0.4) is 0 Å². The van der Waals surface area contributed by atoms with Crippen LogP contribution in [0.4, 0.5) is 13.2 Å². The molecule has 0 unspecified atom stereocenters. The van der Waals surface area contributed by atoms with Crippen molar-refractivity contribution < 1.29 is 13.2 Å². The van der Waals surface area contributed by atoms with Gasteiger partial charge in [-0.3, -0.25) is 0 Å². The van der Waals surface area contributed by atoms with Gasteiger partial charge in [-0.15, -0.1) is 0 Å². The van der Waals surface area contributed by atoms with Crippen molar-refractivity contribution in [3.63, 3.8) is 0 Å². The summed E-state index contributed by atoms with van der Waals surface area (Å²) in [5.41, 5.74) is -0.616. The van der Waals surface area contributed by atoms with Crippen LogP contribution in [0.2, 0.25) is 0 Å². The van der Waals surface area contributed by atoms with Crippen molar-refractivity contribution in [3.05, 3.63) is 121 Å². The van der Waals surface area contributed by atoms with Crippen molar-refractivity contribution in [2.24, 2.45) is 0 Å². The fourth-order valence-corrected chi connectivity index (χ4v) is 8.79. The van der Waals surface area contributed by atoms with Crippen molar-refractivity contribution >= 4 is 28.8 Å². The second kappa shape index (κ2) is 7.72. The first-order valence-corrected chi connectivity index (χ1v) is 11.4. The highest BCUT2D eigenvalue weighted by Crippen LogP contribution is 2.28. The minimum absolute atomic E-state index is 0.616. The van der Waals surface area contributed by atoms with Crippen LogP contribution in [0.1, 0.15) is 5.56 Å². The molecule has 0 N–H and O–H groups in total. The first kappa shape index (κ1) is 19.2. The zero-order chi connectivity index (χ0) is 20.3. The predicted octanol–water partition coefficient (Wildman–Crippen LogP) is 4.08. The van der Waals surface area contributed by atoms with Crippen molar-refractivity contribution in [3.8, 4) is 0 Å². The van der Waals surface area contributed by atoms with E-state index in [1.807, 2.05) is 97.1 Å². The van der Waals surface area contributed by atoms with Crippen LogP contribution < -0.4 is 20.7 Å². The summed E-state index contributed by atoms with van der Waals surface area (Å²) in [6, 6.07) is 35.6. The summed E-state index contributed by atoms with van der Waals surface area (Å²) >= 11 is 0. The molecule has 144 valence electrons. The number of halogens is 3. The summed E-state index contributed by atoms with van der Waals surface area (Å²) in [7, 11) is -2.91. The summed E-state index contributed by atoms with van der Waals surface area (Å²) in [5.74, 6) is 0. The Morgan fingerprint density at radius 1 is 0.448 bits per heavy atom. The maximum Gasteiger partial charge on any atom is 0.416 e. The third-order valence-electron chi connectivity index (χ3n) is 5.24. The third-order valence-corrected chi connectivity index (χ3v) is 10.0. The molecule has 0 fully saturated rings. The lowest BCUT2D eigenvalue weighted by molar-refractivity contribution is -0.137. The van der Waals surface area contributed by atoms with Gasteiger partial charge in [-0.2, -0.15) is 13.2 Å². The second-order valence-electron chi connectivity index (χ2n) is 6.93. The topological polar surface area (TPSA) is 0 Å². The van der Waals surface area contributed by atoms with E-state index < -0.39 is 19.8 Å². The fraction of sp³-hybridized carbons (Fsp3) is 0.0400. The van der Waals surface area contributed by atoms with Crippen molar-refractivity contribution in [1.82, 2.24) is 0 Å². The smallest absolute Gasteiger partial charge is 0.166 e. The van der Waals surface area contributed by atoms with Crippen LogP contribution in [0.5, 0.6) is 0 Å². The summed E-state index contributed by atoms with van der Waals surface area (Å²) in [4.78, 5) is 0. The zero-order valence-corrected chi connectivity index (χ0v) is 16.6. The molecule has 0 nitrogen and oxygen atoms in total. The molecule has 0 aliphatic rings. The van der Waals surface area contributed by atoms with Crippen LogP contribution in [0, 0.1) is 0 Å². The largest absolute Gasteiger partial charge is 0.416 e. The Hall–Kier alpha value is -3.11. The van der Waals surface area contributed by atoms with Crippen LogP contribution in [-0.2, 0) is 6.18 Å². The lowest BCUT2D eigenvalue weighted by Crippen LogP contribution is -2.74. The minimum atomic E-state index is -4.39. The van der Waals surface area contributed by atoms with Gasteiger partial charge in [-0.1, -0.05) is 109 Å². The van der Waals surface area contributed by atoms with Gasteiger partial charge >= 0.3 is 6.18 Å². The number of alkyl halides is 3. The molecule has 4 aromatic rings. The van der Waals surface area contributed by atoms with E-state index in [-0.39, 0.29) is 0 Å². The third kappa shape index (κ3) is 3.52. The van der Waals surface area contributed by atoms with E-state index in [1.54, 1.807) is 0 Å². The number of benzene rings is 4. The molecule has 4 heteroatoms. The Labute approximate surface area is 169 Å². The lowest BCUT2D eigenvalue weighted by Gasteiger charge is -2.34. The first-order valence-electron chi connectivity index (χ1n) is 9.37. The summed E-state index contributed by atoms with van der Waals surface area (Å²) in [6.07, 6.45) is -4.39. The van der Waals surface area contributed by atoms with Gasteiger partial charge in [0.2, 0.25) is 0 Å². The monoisotopic (exact) mass is 404 g/mol. The summed E-state index contributed by atoms with van der Waals surface area (Å²) in [5, 5.41) is 3.88. The van der Waals surface area contributed by atoms with Crippen LogP contribution >= 0.6 is 0 Å². The zero-order valence-electron chi connectivity index (χ0n) is 15.6. The van der Waals surface area contributed by atoms with Gasteiger partial charge in [-0.25, -0.2) is 0 Å². The van der Waals surface area contributed by atoms with Crippen molar-refractivity contribution in [1.29, 1.82) is 0 Å². The molecule has 4 rings (SSSR count). The van der Waals surface area contributed by atoms with Crippen LogP contribution in [0.25, 0.3) is 0 Å². The number of rotatable bonds is 4. The van der Waals surface area contributed by atoms with E-state index in [1.165, 1.54) is 12.1 Å². The molecule has 0 aliphatic carbocycles. The molecular weight excluding hydrogens is 385 g/mol. The average Bonchev–Trinajstić information content (AvgIpc) is 2.76. The van der Waals surface area contributed by atoms with Gasteiger partial charge in [0, 0.05) is 0 Å². The molecule has 0 saturated carbocycles. The molecule has 0 radical (unpaired) electrons. The lowest BCUT2D eigenvalue weighted by atomic mass is 10.2. The van der Waals surface area contributed by atoms with Gasteiger partial charge in [0.05, 0.1) is 5.56 Å². The quantitative estimate of drug-likeness (QED) is 0.355. The second-order valence-corrected chi connectivity index (χ2v) is 10.7. The molecule has 0 aromatic heterocycles. The van der Waals surface area contributed by atoms with E-state index in [0.29, 0.717) is 0 Å². The van der Waals surface area contributed by atoms with Gasteiger partial charge in [-0.05, 0) is 26.8 Å². The maximum atomic E-state index is 13.6. The van der Waals surface area contributed by atoms with Gasteiger partial charge in [0.25, 0.3) is 0 Å². The van der Waals surface area contributed by atoms with E-state index in [9.17, 15) is 13.2 Å². The molecular formula is C25H19F3Si.